The van der Waals surface area contributed by atoms with Crippen LogP contribution in [0.5, 0.6) is 0 Å². The molecule has 6 atom stereocenters. The van der Waals surface area contributed by atoms with E-state index in [1.807, 2.05) is 6.92 Å². The third kappa shape index (κ3) is 4.71. The molecule has 1 aromatic carbocycles. The fraction of sp³-hybridized carbons (Fsp3) is 0.565. The van der Waals surface area contributed by atoms with Gasteiger partial charge in [-0.05, 0) is 30.5 Å². The zero-order chi connectivity index (χ0) is 25.4. The van der Waals surface area contributed by atoms with Gasteiger partial charge in [-0.2, -0.15) is 9.97 Å². The van der Waals surface area contributed by atoms with Gasteiger partial charge in [0.1, 0.15) is 12.2 Å². The van der Waals surface area contributed by atoms with E-state index in [4.69, 9.17) is 9.84 Å². The van der Waals surface area contributed by atoms with Crippen molar-refractivity contribution in [3.63, 3.8) is 0 Å². The Balaban J connectivity index is 1.43. The van der Waals surface area contributed by atoms with Gasteiger partial charge in [-0.25, -0.2) is 13.5 Å². The van der Waals surface area contributed by atoms with Crippen LogP contribution in [0.25, 0.3) is 11.2 Å². The second-order valence-electron chi connectivity index (χ2n) is 9.21. The highest BCUT2D eigenvalue weighted by Crippen LogP contribution is 2.44. The van der Waals surface area contributed by atoms with Gasteiger partial charge in [0.05, 0.1) is 25.4 Å². The zero-order valence-electron chi connectivity index (χ0n) is 19.7. The maximum atomic E-state index is 13.7. The van der Waals surface area contributed by atoms with E-state index in [0.29, 0.717) is 41.5 Å². The summed E-state index contributed by atoms with van der Waals surface area (Å²) in [6.07, 6.45) is -1.18. The lowest BCUT2D eigenvalue weighted by molar-refractivity contribution is -0.0629. The van der Waals surface area contributed by atoms with Gasteiger partial charge >= 0.3 is 0 Å². The number of aliphatic hydroxyl groups excluding tert-OH is 3. The second kappa shape index (κ2) is 10.2. The number of ether oxygens (including phenoxy) is 1. The Morgan fingerprint density at radius 1 is 1.14 bits per heavy atom. The van der Waals surface area contributed by atoms with Gasteiger partial charge in [0.15, 0.2) is 28.6 Å². The predicted octanol–water partition coefficient (Wildman–Crippen LogP) is 1.33. The largest absolute Gasteiger partial charge is 0.394 e. The van der Waals surface area contributed by atoms with Crippen LogP contribution < -0.4 is 10.6 Å². The molecule has 194 valence electrons. The third-order valence-corrected chi connectivity index (χ3v) is 6.68. The summed E-state index contributed by atoms with van der Waals surface area (Å²) in [4.78, 5) is 9.12. The van der Waals surface area contributed by atoms with Crippen LogP contribution in [0.1, 0.15) is 43.7 Å². The number of aromatic nitrogens is 5. The summed E-state index contributed by atoms with van der Waals surface area (Å²) in [5.74, 6) is -0.992. The Labute approximate surface area is 205 Å². The second-order valence-corrected chi connectivity index (χ2v) is 9.21. The number of fused-ring (bicyclic) bond motifs is 1. The minimum absolute atomic E-state index is 0.0107. The lowest BCUT2D eigenvalue weighted by Gasteiger charge is -2.17. The Morgan fingerprint density at radius 2 is 1.97 bits per heavy atom. The number of hydrogen-bond donors (Lipinski definition) is 5. The molecular formula is C23H29F2N7O4. The number of aliphatic hydroxyl groups is 3. The molecule has 2 heterocycles. The lowest BCUT2D eigenvalue weighted by Crippen LogP contribution is -2.33. The molecule has 0 spiro atoms. The van der Waals surface area contributed by atoms with Gasteiger partial charge in [0.25, 0.3) is 0 Å². The van der Waals surface area contributed by atoms with Crippen molar-refractivity contribution in [2.24, 2.45) is 0 Å². The van der Waals surface area contributed by atoms with Crippen LogP contribution in [0.15, 0.2) is 18.2 Å². The maximum Gasteiger partial charge on any atom is 0.226 e. The number of rotatable bonds is 10. The summed E-state index contributed by atoms with van der Waals surface area (Å²) >= 11 is 0. The average Bonchev–Trinajstić information content (AvgIpc) is 3.41. The molecule has 5 rings (SSSR count). The molecule has 2 fully saturated rings. The first-order valence-electron chi connectivity index (χ1n) is 12.1. The van der Waals surface area contributed by atoms with E-state index >= 15 is 0 Å². The van der Waals surface area contributed by atoms with Crippen molar-refractivity contribution < 1.29 is 28.8 Å². The molecule has 0 amide bonds. The number of nitrogens with one attached hydrogen (secondary N) is 2. The van der Waals surface area contributed by atoms with E-state index in [1.54, 1.807) is 6.07 Å². The van der Waals surface area contributed by atoms with Crippen molar-refractivity contribution in [3.8, 4) is 0 Å². The smallest absolute Gasteiger partial charge is 0.226 e. The van der Waals surface area contributed by atoms with Crippen molar-refractivity contribution in [2.45, 2.75) is 62.5 Å². The monoisotopic (exact) mass is 505 g/mol. The molecule has 2 aromatic heterocycles. The van der Waals surface area contributed by atoms with Crippen LogP contribution in [-0.2, 0) is 4.74 Å². The normalized spacial score (nSPS) is 27.5. The molecule has 36 heavy (non-hydrogen) atoms. The van der Waals surface area contributed by atoms with Crippen molar-refractivity contribution in [1.82, 2.24) is 25.0 Å². The first kappa shape index (κ1) is 24.7. The number of halogens is 2. The average molecular weight is 506 g/mol. The molecular weight excluding hydrogens is 476 g/mol. The summed E-state index contributed by atoms with van der Waals surface area (Å²) in [6, 6.07) is 3.20. The van der Waals surface area contributed by atoms with Crippen molar-refractivity contribution in [1.29, 1.82) is 0 Å². The third-order valence-electron chi connectivity index (χ3n) is 6.68. The van der Waals surface area contributed by atoms with Gasteiger partial charge in [-0.1, -0.05) is 18.2 Å². The summed E-state index contributed by atoms with van der Waals surface area (Å²) in [6.45, 7) is 2.49. The van der Waals surface area contributed by atoms with E-state index in [0.717, 1.165) is 12.5 Å². The SMILES string of the molecule is CCCNc1nc(N[C@@H]2C[C@H]2c2ccc(F)c(F)c2)c2nnn([C@@H]3C[C@H](OCCO)[C@@H](O)[C@H]3O)c2n1. The highest BCUT2D eigenvalue weighted by Gasteiger charge is 2.45. The van der Waals surface area contributed by atoms with Crippen LogP contribution in [0, 0.1) is 11.6 Å². The standard InChI is InChI=1S/C23H29F2N7O4/c1-2-5-26-23-28-21(27-15-9-12(15)11-3-4-13(24)14(25)8-11)18-22(29-23)32(31-30-18)16-10-17(36-7-6-33)20(35)19(16)34/h3-4,8,12,15-17,19-20,33-35H,2,5-7,9-10H2,1H3,(H2,26,27,28,29)/t12-,15+,16+,17-,19-,20+/m0/s1. The van der Waals surface area contributed by atoms with E-state index < -0.39 is 36.0 Å². The minimum atomic E-state index is -1.17. The number of anilines is 2. The summed E-state index contributed by atoms with van der Waals surface area (Å²) in [5, 5.41) is 45.1. The predicted molar refractivity (Wildman–Crippen MR) is 126 cm³/mol. The molecule has 2 aliphatic rings. The molecule has 13 heteroatoms. The van der Waals surface area contributed by atoms with Crippen LogP contribution >= 0.6 is 0 Å². The number of benzene rings is 1. The molecule has 11 nitrogen and oxygen atoms in total. The molecule has 0 radical (unpaired) electrons. The molecule has 0 unspecified atom stereocenters. The Morgan fingerprint density at radius 3 is 2.72 bits per heavy atom. The number of nitrogens with zero attached hydrogens (tertiary/aromatic N) is 5. The highest BCUT2D eigenvalue weighted by molar-refractivity contribution is 5.84. The summed E-state index contributed by atoms with van der Waals surface area (Å²) < 4.78 is 34.0. The minimum Gasteiger partial charge on any atom is -0.394 e. The lowest BCUT2D eigenvalue weighted by atomic mass is 10.1. The molecule has 2 aliphatic carbocycles. The first-order chi connectivity index (χ1) is 17.4. The van der Waals surface area contributed by atoms with Crippen LogP contribution in [-0.4, -0.2) is 84.4 Å². The maximum absolute atomic E-state index is 13.7. The molecule has 2 saturated carbocycles. The molecule has 0 aliphatic heterocycles. The fourth-order valence-corrected chi connectivity index (χ4v) is 4.69. The Bertz CT molecular complexity index is 1230. The van der Waals surface area contributed by atoms with E-state index in [-0.39, 0.29) is 31.6 Å². The topological polar surface area (TPSA) is 150 Å². The Hall–Kier alpha value is -3.00. The van der Waals surface area contributed by atoms with E-state index in [9.17, 15) is 19.0 Å². The van der Waals surface area contributed by atoms with Gasteiger partial charge in [0.2, 0.25) is 5.95 Å². The molecule has 5 N–H and O–H groups in total. The van der Waals surface area contributed by atoms with E-state index in [1.165, 1.54) is 10.7 Å². The van der Waals surface area contributed by atoms with Crippen LogP contribution in [0.3, 0.4) is 0 Å². The molecule has 0 bridgehead atoms. The van der Waals surface area contributed by atoms with Gasteiger partial charge in [-0.15, -0.1) is 5.10 Å². The van der Waals surface area contributed by atoms with E-state index in [2.05, 4.69) is 30.9 Å². The highest BCUT2D eigenvalue weighted by atomic mass is 19.2. The Kier molecular flexibility index (Phi) is 6.97. The van der Waals surface area contributed by atoms with Gasteiger partial charge < -0.3 is 30.7 Å². The summed E-state index contributed by atoms with van der Waals surface area (Å²) in [5.41, 5.74) is 1.45. The van der Waals surface area contributed by atoms with Gasteiger partial charge in [-0.3, -0.25) is 0 Å². The zero-order valence-corrected chi connectivity index (χ0v) is 19.7. The molecule has 0 saturated heterocycles. The molecule has 3 aromatic rings. The van der Waals surface area contributed by atoms with Crippen molar-refractivity contribution >= 4 is 22.9 Å². The van der Waals surface area contributed by atoms with Crippen molar-refractivity contribution in [2.75, 3.05) is 30.4 Å². The van der Waals surface area contributed by atoms with Crippen LogP contribution in [0.2, 0.25) is 0 Å². The van der Waals surface area contributed by atoms with Crippen molar-refractivity contribution in [3.05, 3.63) is 35.4 Å². The fourth-order valence-electron chi connectivity index (χ4n) is 4.69. The van der Waals surface area contributed by atoms with Crippen LogP contribution in [0.4, 0.5) is 20.5 Å². The van der Waals surface area contributed by atoms with Gasteiger partial charge in [0, 0.05) is 24.9 Å². The summed E-state index contributed by atoms with van der Waals surface area (Å²) in [7, 11) is 0. The number of hydrogen-bond acceptors (Lipinski definition) is 10. The first-order valence-corrected chi connectivity index (χ1v) is 12.1. The quantitative estimate of drug-likeness (QED) is 0.273.